The predicted octanol–water partition coefficient (Wildman–Crippen LogP) is 4.24. The lowest BCUT2D eigenvalue weighted by Gasteiger charge is -2.08. The molecule has 32 heavy (non-hydrogen) atoms. The Morgan fingerprint density at radius 3 is 2.72 bits per heavy atom. The van der Waals surface area contributed by atoms with Gasteiger partial charge in [0, 0.05) is 27.2 Å². The molecule has 3 aromatic heterocycles. The van der Waals surface area contributed by atoms with Crippen molar-refractivity contribution in [3.63, 3.8) is 0 Å². The number of aryl methyl sites for hydroxylation is 1. The van der Waals surface area contributed by atoms with Gasteiger partial charge < -0.3 is 19.9 Å². The van der Waals surface area contributed by atoms with Gasteiger partial charge in [0.2, 0.25) is 0 Å². The highest BCUT2D eigenvalue weighted by molar-refractivity contribution is 7.12. The third-order valence-corrected chi connectivity index (χ3v) is 7.05. The van der Waals surface area contributed by atoms with E-state index in [0.717, 1.165) is 20.2 Å². The smallest absolute Gasteiger partial charge is 0.269 e. The highest BCUT2D eigenvalue weighted by atomic mass is 32.1. The molecule has 2 N–H and O–H groups in total. The molecule has 0 fully saturated rings. The number of amides is 1. The lowest BCUT2D eigenvalue weighted by Crippen LogP contribution is -2.24. The summed E-state index contributed by atoms with van der Waals surface area (Å²) in [5.74, 6) is 1.09. The molecule has 0 aliphatic heterocycles. The molecule has 4 aromatic rings. The fourth-order valence-corrected chi connectivity index (χ4v) is 5.07. The second-order valence-electron chi connectivity index (χ2n) is 7.01. The highest BCUT2D eigenvalue weighted by Crippen LogP contribution is 2.33. The molecule has 0 saturated carbocycles. The van der Waals surface area contributed by atoms with Gasteiger partial charge in [0.25, 0.3) is 5.91 Å². The molecule has 9 heteroatoms. The Labute approximate surface area is 193 Å². The molecule has 4 rings (SSSR count). The summed E-state index contributed by atoms with van der Waals surface area (Å²) >= 11 is 3.00. The predicted molar refractivity (Wildman–Crippen MR) is 126 cm³/mol. The van der Waals surface area contributed by atoms with E-state index in [4.69, 9.17) is 9.47 Å². The molecule has 1 atom stereocenters. The average molecular weight is 470 g/mol. The largest absolute Gasteiger partial charge is 0.497 e. The molecule has 0 radical (unpaired) electrons. The number of thiophene rings is 2. The van der Waals surface area contributed by atoms with Crippen LogP contribution < -0.4 is 14.8 Å². The number of carbonyl (C=O) groups is 1. The van der Waals surface area contributed by atoms with Gasteiger partial charge >= 0.3 is 0 Å². The van der Waals surface area contributed by atoms with Gasteiger partial charge in [0.15, 0.2) is 0 Å². The van der Waals surface area contributed by atoms with Crippen molar-refractivity contribution in [1.82, 2.24) is 15.1 Å². The van der Waals surface area contributed by atoms with Crippen molar-refractivity contribution in [2.75, 3.05) is 14.2 Å². The third-order valence-electron chi connectivity index (χ3n) is 4.98. The number of methoxy groups -OCH3 is 2. The maximum atomic E-state index is 12.8. The summed E-state index contributed by atoms with van der Waals surface area (Å²) in [6.07, 6.45) is -0.637. The normalized spacial score (nSPS) is 11.9. The number of carbonyl (C=O) groups excluding carboxylic acids is 1. The van der Waals surface area contributed by atoms with Gasteiger partial charge in [-0.1, -0.05) is 6.07 Å². The zero-order valence-electron chi connectivity index (χ0n) is 17.9. The van der Waals surface area contributed by atoms with Crippen LogP contribution in [0.4, 0.5) is 0 Å². The molecule has 0 aliphatic carbocycles. The lowest BCUT2D eigenvalue weighted by atomic mass is 10.1. The van der Waals surface area contributed by atoms with Crippen LogP contribution in [0.3, 0.4) is 0 Å². The van der Waals surface area contributed by atoms with Gasteiger partial charge in [-0.15, -0.1) is 22.7 Å². The molecule has 1 amide bonds. The van der Waals surface area contributed by atoms with Gasteiger partial charge in [-0.2, -0.15) is 5.10 Å². The number of nitrogens with zero attached hydrogens (tertiary/aromatic N) is 2. The van der Waals surface area contributed by atoms with Crippen LogP contribution in [0.5, 0.6) is 11.5 Å². The van der Waals surface area contributed by atoms with E-state index >= 15 is 0 Å². The Bertz CT molecular complexity index is 1210. The molecule has 1 unspecified atom stereocenters. The van der Waals surface area contributed by atoms with E-state index < -0.39 is 6.10 Å². The number of ether oxygens (including phenoxy) is 2. The van der Waals surface area contributed by atoms with Gasteiger partial charge in [0.05, 0.1) is 26.5 Å². The zero-order valence-corrected chi connectivity index (χ0v) is 19.5. The van der Waals surface area contributed by atoms with Gasteiger partial charge in [-0.25, -0.2) is 0 Å². The first-order valence-corrected chi connectivity index (χ1v) is 11.5. The number of aromatic nitrogens is 2. The molecule has 0 saturated heterocycles. The van der Waals surface area contributed by atoms with E-state index in [1.807, 2.05) is 47.8 Å². The minimum Gasteiger partial charge on any atom is -0.497 e. The van der Waals surface area contributed by atoms with Crippen molar-refractivity contribution in [2.24, 2.45) is 7.05 Å². The third kappa shape index (κ3) is 4.55. The Balaban J connectivity index is 1.47. The van der Waals surface area contributed by atoms with Crippen molar-refractivity contribution in [3.8, 4) is 22.8 Å². The number of benzene rings is 1. The summed E-state index contributed by atoms with van der Waals surface area (Å²) in [5.41, 5.74) is 1.79. The van der Waals surface area contributed by atoms with Crippen molar-refractivity contribution in [1.29, 1.82) is 0 Å². The van der Waals surface area contributed by atoms with E-state index in [0.29, 0.717) is 29.4 Å². The second kappa shape index (κ2) is 9.56. The maximum absolute atomic E-state index is 12.8. The first-order valence-electron chi connectivity index (χ1n) is 9.85. The summed E-state index contributed by atoms with van der Waals surface area (Å²) in [4.78, 5) is 15.5. The Morgan fingerprint density at radius 2 is 2.00 bits per heavy atom. The number of rotatable bonds is 8. The topological polar surface area (TPSA) is 85.6 Å². The van der Waals surface area contributed by atoms with E-state index in [9.17, 15) is 9.90 Å². The summed E-state index contributed by atoms with van der Waals surface area (Å²) in [6, 6.07) is 14.8. The lowest BCUT2D eigenvalue weighted by molar-refractivity contribution is 0.0942. The summed E-state index contributed by atoms with van der Waals surface area (Å²) in [6.45, 7) is 0.365. The number of aliphatic hydroxyl groups is 1. The number of hydrogen-bond donors (Lipinski definition) is 2. The van der Waals surface area contributed by atoms with Crippen molar-refractivity contribution >= 4 is 28.6 Å². The van der Waals surface area contributed by atoms with Crippen LogP contribution in [0.1, 0.15) is 31.2 Å². The zero-order chi connectivity index (χ0) is 22.7. The molecule has 1 aromatic carbocycles. The van der Waals surface area contributed by atoms with Gasteiger partial charge in [-0.3, -0.25) is 9.48 Å². The van der Waals surface area contributed by atoms with Crippen LogP contribution in [0.2, 0.25) is 0 Å². The van der Waals surface area contributed by atoms with E-state index in [1.165, 1.54) is 22.7 Å². The SMILES string of the molecule is COc1ccc(OC)c(-c2cc(C(=O)NCc3ccc(C(O)c4cccs4)s3)n(C)n2)c1. The van der Waals surface area contributed by atoms with Gasteiger partial charge in [-0.05, 0) is 47.8 Å². The van der Waals surface area contributed by atoms with Crippen LogP contribution in [-0.4, -0.2) is 35.0 Å². The minimum absolute atomic E-state index is 0.234. The van der Waals surface area contributed by atoms with E-state index in [-0.39, 0.29) is 5.91 Å². The second-order valence-corrected chi connectivity index (χ2v) is 9.19. The molecule has 0 aliphatic rings. The molecule has 0 bridgehead atoms. The quantitative estimate of drug-likeness (QED) is 0.403. The number of aliphatic hydroxyl groups excluding tert-OH is 1. The van der Waals surface area contributed by atoms with Crippen LogP contribution in [0.15, 0.2) is 53.9 Å². The number of nitrogens with one attached hydrogen (secondary N) is 1. The summed E-state index contributed by atoms with van der Waals surface area (Å²) in [7, 11) is 4.91. The first-order chi connectivity index (χ1) is 15.5. The Kier molecular flexibility index (Phi) is 6.59. The standard InChI is InChI=1S/C23H23N3O4S2/c1-26-18(12-17(25-26)16-11-14(29-2)6-8-19(16)30-3)23(28)24-13-15-7-9-21(32-15)22(27)20-5-4-10-31-20/h4-12,22,27H,13H2,1-3H3,(H,24,28). The Hall–Kier alpha value is -3.14. The van der Waals surface area contributed by atoms with Crippen LogP contribution in [0.25, 0.3) is 11.3 Å². The van der Waals surface area contributed by atoms with Crippen LogP contribution >= 0.6 is 22.7 Å². The van der Waals surface area contributed by atoms with Crippen molar-refractivity contribution in [2.45, 2.75) is 12.6 Å². The van der Waals surface area contributed by atoms with Crippen molar-refractivity contribution < 1.29 is 19.4 Å². The highest BCUT2D eigenvalue weighted by Gasteiger charge is 2.18. The van der Waals surface area contributed by atoms with Crippen LogP contribution in [0, 0.1) is 0 Å². The van der Waals surface area contributed by atoms with Crippen molar-refractivity contribution in [3.05, 3.63) is 74.2 Å². The fourth-order valence-electron chi connectivity index (χ4n) is 3.31. The monoisotopic (exact) mass is 469 g/mol. The van der Waals surface area contributed by atoms with E-state index in [1.54, 1.807) is 32.0 Å². The molecule has 166 valence electrons. The number of hydrogen-bond acceptors (Lipinski definition) is 7. The summed E-state index contributed by atoms with van der Waals surface area (Å²) in [5, 5.41) is 19.8. The van der Waals surface area contributed by atoms with Gasteiger partial charge in [0.1, 0.15) is 23.3 Å². The Morgan fingerprint density at radius 1 is 1.16 bits per heavy atom. The fraction of sp³-hybridized carbons (Fsp3) is 0.217. The van der Waals surface area contributed by atoms with E-state index in [2.05, 4.69) is 10.4 Å². The molecule has 3 heterocycles. The molecular weight excluding hydrogens is 446 g/mol. The molecule has 7 nitrogen and oxygen atoms in total. The summed E-state index contributed by atoms with van der Waals surface area (Å²) < 4.78 is 12.3. The average Bonchev–Trinajstić information content (AvgIpc) is 3.57. The molecule has 0 spiro atoms. The maximum Gasteiger partial charge on any atom is 0.269 e. The minimum atomic E-state index is -0.637. The first kappa shape index (κ1) is 22.1. The van der Waals surface area contributed by atoms with Crippen LogP contribution in [-0.2, 0) is 13.6 Å². The molecular formula is C23H23N3O4S2.